The second-order valence-corrected chi connectivity index (χ2v) is 6.70. The van der Waals surface area contributed by atoms with Gasteiger partial charge in [-0.2, -0.15) is 0 Å². The first-order valence-electron chi connectivity index (χ1n) is 7.54. The van der Waals surface area contributed by atoms with Gasteiger partial charge in [-0.05, 0) is 73.8 Å². The zero-order valence-electron chi connectivity index (χ0n) is 13.7. The van der Waals surface area contributed by atoms with Gasteiger partial charge in [0.2, 0.25) is 0 Å². The lowest BCUT2D eigenvalue weighted by molar-refractivity contribution is -0.144. The monoisotopic (exact) mass is 285 g/mol. The van der Waals surface area contributed by atoms with Crippen LogP contribution in [-0.2, 0) is 4.79 Å². The van der Waals surface area contributed by atoms with E-state index in [1.807, 2.05) is 0 Å². The van der Waals surface area contributed by atoms with Crippen molar-refractivity contribution in [3.8, 4) is 0 Å². The molecule has 0 aromatic heterocycles. The second-order valence-electron chi connectivity index (χ2n) is 6.70. The zero-order chi connectivity index (χ0) is 15.4. The van der Waals surface area contributed by atoms with Gasteiger partial charge in [0, 0.05) is 12.1 Å². The number of carboxylic acids is 1. The van der Waals surface area contributed by atoms with E-state index in [9.17, 15) is 9.90 Å². The molecule has 1 fully saturated rings. The highest BCUT2D eigenvalue weighted by Gasteiger charge is 2.39. The lowest BCUT2D eigenvalue weighted by Gasteiger charge is -2.49. The molecule has 1 aliphatic rings. The lowest BCUT2D eigenvalue weighted by atomic mass is 9.75. The molecule has 1 aliphatic carbocycles. The normalized spacial score (nSPS) is 20.8. The Morgan fingerprint density at radius 3 is 2.30 bits per heavy atom. The molecule has 0 aliphatic heterocycles. The minimum absolute atomic E-state index is 0.341. The molecule has 5 nitrogen and oxygen atoms in total. The second kappa shape index (κ2) is 6.87. The maximum Gasteiger partial charge on any atom is 0.323 e. The zero-order valence-corrected chi connectivity index (χ0v) is 13.7. The number of nitrogens with one attached hydrogen (secondary N) is 1. The summed E-state index contributed by atoms with van der Waals surface area (Å²) in [5, 5.41) is 12.1. The van der Waals surface area contributed by atoms with Crippen LogP contribution >= 0.6 is 0 Å². The predicted octanol–water partition coefficient (Wildman–Crippen LogP) is 1.25. The molecule has 0 amide bonds. The molecule has 0 heterocycles. The summed E-state index contributed by atoms with van der Waals surface area (Å²) < 4.78 is 0. The Labute approximate surface area is 123 Å². The molecule has 0 radical (unpaired) electrons. The number of carboxylic acid groups (broad SMARTS) is 1. The van der Waals surface area contributed by atoms with E-state index in [1.54, 1.807) is 14.0 Å². The first-order chi connectivity index (χ1) is 9.26. The Hall–Kier alpha value is -0.650. The topological polar surface area (TPSA) is 55.8 Å². The van der Waals surface area contributed by atoms with Crippen molar-refractivity contribution in [2.45, 2.75) is 50.1 Å². The van der Waals surface area contributed by atoms with E-state index < -0.39 is 11.5 Å². The molecule has 0 saturated heterocycles. The van der Waals surface area contributed by atoms with Gasteiger partial charge < -0.3 is 20.2 Å². The van der Waals surface area contributed by atoms with Crippen molar-refractivity contribution in [2.75, 3.05) is 41.3 Å². The average Bonchev–Trinajstić information content (AvgIpc) is 2.32. The summed E-state index contributed by atoms with van der Waals surface area (Å²) in [6.45, 7) is 3.77. The molecule has 1 unspecified atom stereocenters. The number of carbonyl (C=O) groups is 1. The Kier molecular flexibility index (Phi) is 5.98. The minimum atomic E-state index is -0.809. The summed E-state index contributed by atoms with van der Waals surface area (Å²) in [6, 6.07) is 0. The number of hydrogen-bond donors (Lipinski definition) is 2. The van der Waals surface area contributed by atoms with Crippen LogP contribution in [0, 0.1) is 0 Å². The first-order valence-corrected chi connectivity index (χ1v) is 7.54. The summed E-state index contributed by atoms with van der Waals surface area (Å²) in [7, 11) is 8.18. The van der Waals surface area contributed by atoms with Gasteiger partial charge in [-0.1, -0.05) is 0 Å². The molecule has 2 N–H and O–H groups in total. The van der Waals surface area contributed by atoms with Crippen LogP contribution < -0.4 is 5.32 Å². The van der Waals surface area contributed by atoms with Crippen LogP contribution in [0.15, 0.2) is 0 Å². The molecule has 1 rings (SSSR count). The molecular weight excluding hydrogens is 254 g/mol. The van der Waals surface area contributed by atoms with E-state index >= 15 is 0 Å². The van der Waals surface area contributed by atoms with E-state index in [4.69, 9.17) is 0 Å². The van der Waals surface area contributed by atoms with Crippen molar-refractivity contribution in [3.63, 3.8) is 0 Å². The summed E-state index contributed by atoms with van der Waals surface area (Å²) >= 11 is 0. The molecule has 118 valence electrons. The van der Waals surface area contributed by atoms with Crippen molar-refractivity contribution in [3.05, 3.63) is 0 Å². The quantitative estimate of drug-likeness (QED) is 0.668. The van der Waals surface area contributed by atoms with Gasteiger partial charge in [0.1, 0.15) is 5.54 Å². The van der Waals surface area contributed by atoms with E-state index in [-0.39, 0.29) is 0 Å². The van der Waals surface area contributed by atoms with Crippen LogP contribution in [0.2, 0.25) is 0 Å². The SMILES string of the molecule is CNC(C)(CCCN(C)CC1(N(C)C)CCC1)C(=O)O. The Balaban J connectivity index is 2.37. The summed E-state index contributed by atoms with van der Waals surface area (Å²) in [6.07, 6.45) is 5.41. The van der Waals surface area contributed by atoms with E-state index in [0.717, 1.165) is 19.5 Å². The Morgan fingerprint density at radius 1 is 1.35 bits per heavy atom. The highest BCUT2D eigenvalue weighted by Crippen LogP contribution is 2.36. The fourth-order valence-electron chi connectivity index (χ4n) is 2.95. The van der Waals surface area contributed by atoms with Gasteiger partial charge >= 0.3 is 5.97 Å². The van der Waals surface area contributed by atoms with Gasteiger partial charge in [-0.3, -0.25) is 4.79 Å². The fraction of sp³-hybridized carbons (Fsp3) is 0.933. The van der Waals surface area contributed by atoms with Crippen molar-refractivity contribution in [1.29, 1.82) is 0 Å². The largest absolute Gasteiger partial charge is 0.480 e. The van der Waals surface area contributed by atoms with Crippen LogP contribution in [0.25, 0.3) is 0 Å². The van der Waals surface area contributed by atoms with Gasteiger partial charge in [-0.15, -0.1) is 0 Å². The van der Waals surface area contributed by atoms with E-state index in [1.165, 1.54) is 19.3 Å². The van der Waals surface area contributed by atoms with Crippen molar-refractivity contribution in [1.82, 2.24) is 15.1 Å². The van der Waals surface area contributed by atoms with Crippen LogP contribution in [0.3, 0.4) is 0 Å². The third-order valence-corrected chi connectivity index (χ3v) is 5.04. The third kappa shape index (κ3) is 3.93. The van der Waals surface area contributed by atoms with Crippen LogP contribution in [0.5, 0.6) is 0 Å². The predicted molar refractivity (Wildman–Crippen MR) is 82.1 cm³/mol. The van der Waals surface area contributed by atoms with Gasteiger partial charge in [0.25, 0.3) is 0 Å². The molecule has 1 saturated carbocycles. The molecule has 0 aromatic carbocycles. The lowest BCUT2D eigenvalue weighted by Crippen LogP contribution is -2.56. The van der Waals surface area contributed by atoms with E-state index in [2.05, 4.69) is 36.3 Å². The van der Waals surface area contributed by atoms with Crippen molar-refractivity contribution in [2.24, 2.45) is 0 Å². The highest BCUT2D eigenvalue weighted by atomic mass is 16.4. The third-order valence-electron chi connectivity index (χ3n) is 5.04. The van der Waals surface area contributed by atoms with Gasteiger partial charge in [-0.25, -0.2) is 0 Å². The molecule has 20 heavy (non-hydrogen) atoms. The molecule has 0 bridgehead atoms. The molecule has 1 atom stereocenters. The number of nitrogens with zero attached hydrogens (tertiary/aromatic N) is 2. The smallest absolute Gasteiger partial charge is 0.323 e. The summed E-state index contributed by atoms with van der Waals surface area (Å²) in [5.41, 5.74) is -0.468. The number of hydrogen-bond acceptors (Lipinski definition) is 4. The maximum atomic E-state index is 11.2. The number of likely N-dealkylation sites (N-methyl/N-ethyl adjacent to an activating group) is 3. The van der Waals surface area contributed by atoms with Crippen molar-refractivity contribution >= 4 is 5.97 Å². The fourth-order valence-corrected chi connectivity index (χ4v) is 2.95. The first kappa shape index (κ1) is 17.4. The molecule has 5 heteroatoms. The van der Waals surface area contributed by atoms with Gasteiger partial charge in [0.05, 0.1) is 0 Å². The molecular formula is C15H31N3O2. The Bertz CT molecular complexity index is 329. The van der Waals surface area contributed by atoms with Crippen LogP contribution in [-0.4, -0.2) is 73.2 Å². The summed E-state index contributed by atoms with van der Waals surface area (Å²) in [5.74, 6) is -0.772. The van der Waals surface area contributed by atoms with E-state index in [0.29, 0.717) is 12.0 Å². The minimum Gasteiger partial charge on any atom is -0.480 e. The molecule has 0 aromatic rings. The number of aliphatic carboxylic acids is 1. The Morgan fingerprint density at radius 2 is 1.95 bits per heavy atom. The summed E-state index contributed by atoms with van der Waals surface area (Å²) in [4.78, 5) is 15.9. The van der Waals surface area contributed by atoms with Crippen LogP contribution in [0.4, 0.5) is 0 Å². The van der Waals surface area contributed by atoms with Gasteiger partial charge in [0.15, 0.2) is 0 Å². The van der Waals surface area contributed by atoms with Crippen LogP contribution in [0.1, 0.15) is 39.0 Å². The average molecular weight is 285 g/mol. The molecule has 0 spiro atoms. The van der Waals surface area contributed by atoms with Crippen molar-refractivity contribution < 1.29 is 9.90 Å². The highest BCUT2D eigenvalue weighted by molar-refractivity contribution is 5.78. The maximum absolute atomic E-state index is 11.2. The number of rotatable bonds is 9. The standard InChI is InChI=1S/C15H31N3O2/c1-14(16-2,13(19)20)8-7-11-18(5)12-15(17(3)4)9-6-10-15/h16H,6-12H2,1-5H3,(H,19,20).